The molecule has 5 N–H and O–H groups in total. The van der Waals surface area contributed by atoms with Gasteiger partial charge in [-0.15, -0.1) is 0 Å². The topological polar surface area (TPSA) is 175 Å². The summed E-state index contributed by atoms with van der Waals surface area (Å²) in [7, 11) is 0. The van der Waals surface area contributed by atoms with E-state index in [1.807, 2.05) is 30.3 Å². The van der Waals surface area contributed by atoms with Crippen molar-refractivity contribution in [2.75, 3.05) is 44.8 Å². The van der Waals surface area contributed by atoms with E-state index in [0.29, 0.717) is 45.2 Å². The number of nitro benzene ring substituents is 1. The van der Waals surface area contributed by atoms with Crippen LogP contribution in [0, 0.1) is 10.1 Å². The first-order chi connectivity index (χ1) is 17.9. The van der Waals surface area contributed by atoms with E-state index in [2.05, 4.69) is 16.0 Å². The largest absolute Gasteiger partial charge is 0.378 e. The molecule has 2 aromatic rings. The second kappa shape index (κ2) is 16.7. The zero-order valence-corrected chi connectivity index (χ0v) is 20.5. The quantitative estimate of drug-likeness (QED) is 0.138. The molecule has 0 spiro atoms. The normalized spacial score (nSPS) is 11.4. The van der Waals surface area contributed by atoms with Crippen LogP contribution in [0.15, 0.2) is 54.6 Å². The predicted octanol–water partition coefficient (Wildman–Crippen LogP) is 1.15. The predicted molar refractivity (Wildman–Crippen MR) is 137 cm³/mol. The molecule has 0 aliphatic carbocycles. The molecule has 12 heteroatoms. The number of nitrogens with one attached hydrogen (secondary N) is 3. The number of nitrogens with zero attached hydrogens (tertiary/aromatic N) is 1. The summed E-state index contributed by atoms with van der Waals surface area (Å²) in [6, 6.07) is 13.6. The molecule has 0 aromatic heterocycles. The number of non-ortho nitro benzene ring substituents is 1. The van der Waals surface area contributed by atoms with E-state index in [1.165, 1.54) is 24.3 Å². The number of rotatable bonds is 17. The third-order valence-corrected chi connectivity index (χ3v) is 5.06. The van der Waals surface area contributed by atoms with E-state index in [-0.39, 0.29) is 30.9 Å². The minimum absolute atomic E-state index is 0.0481. The Labute approximate surface area is 215 Å². The standard InChI is InChI=1S/C25H33N5O7/c26-12-14-36-16-17-37-15-13-27-23(31)10-11-24(32)29-22(18-19-4-2-1-3-5-19)25(33)28-20-6-8-21(9-7-20)30(34)35/h1-9,22H,10-18,26H2,(H,27,31)(H,28,33)(H,29,32)/t22-/m0/s1. The fourth-order valence-corrected chi connectivity index (χ4v) is 3.20. The van der Waals surface area contributed by atoms with Gasteiger partial charge in [-0.3, -0.25) is 24.5 Å². The molecule has 12 nitrogen and oxygen atoms in total. The minimum atomic E-state index is -0.914. The second-order valence-corrected chi connectivity index (χ2v) is 7.97. The van der Waals surface area contributed by atoms with Crippen molar-refractivity contribution < 1.29 is 28.8 Å². The average molecular weight is 516 g/mol. The van der Waals surface area contributed by atoms with Gasteiger partial charge in [0.2, 0.25) is 17.7 Å². The van der Waals surface area contributed by atoms with Crippen LogP contribution in [0.3, 0.4) is 0 Å². The highest BCUT2D eigenvalue weighted by Crippen LogP contribution is 2.16. The lowest BCUT2D eigenvalue weighted by Gasteiger charge is -2.19. The molecular formula is C25H33N5O7. The van der Waals surface area contributed by atoms with Gasteiger partial charge in [0.05, 0.1) is 31.4 Å². The number of benzene rings is 2. The maximum atomic E-state index is 12.9. The number of ether oxygens (including phenoxy) is 2. The Bertz CT molecular complexity index is 1000. The van der Waals surface area contributed by atoms with Crippen molar-refractivity contribution in [2.24, 2.45) is 5.73 Å². The van der Waals surface area contributed by atoms with Crippen molar-refractivity contribution >= 4 is 29.1 Å². The van der Waals surface area contributed by atoms with Gasteiger partial charge in [0, 0.05) is 50.2 Å². The van der Waals surface area contributed by atoms with Gasteiger partial charge < -0.3 is 31.2 Å². The zero-order valence-electron chi connectivity index (χ0n) is 20.5. The molecule has 3 amide bonds. The smallest absolute Gasteiger partial charge is 0.269 e. The average Bonchev–Trinajstić information content (AvgIpc) is 2.89. The molecule has 0 aliphatic rings. The van der Waals surface area contributed by atoms with Crippen LogP contribution in [0.25, 0.3) is 0 Å². The highest BCUT2D eigenvalue weighted by molar-refractivity contribution is 5.97. The molecule has 37 heavy (non-hydrogen) atoms. The molecule has 0 aliphatic heterocycles. The first-order valence-corrected chi connectivity index (χ1v) is 11.9. The number of hydrogen-bond acceptors (Lipinski definition) is 8. The summed E-state index contributed by atoms with van der Waals surface area (Å²) >= 11 is 0. The SMILES string of the molecule is NCCOCCOCCNC(=O)CCC(=O)N[C@@H](Cc1ccccc1)C(=O)Nc1ccc([N+](=O)[O-])cc1. The summed E-state index contributed by atoms with van der Waals surface area (Å²) in [6.07, 6.45) is 0.0765. The first-order valence-electron chi connectivity index (χ1n) is 11.9. The van der Waals surface area contributed by atoms with Crippen LogP contribution in [-0.2, 0) is 30.3 Å². The van der Waals surface area contributed by atoms with Crippen molar-refractivity contribution in [3.05, 3.63) is 70.3 Å². The lowest BCUT2D eigenvalue weighted by atomic mass is 10.0. The van der Waals surface area contributed by atoms with E-state index in [0.717, 1.165) is 5.56 Å². The summed E-state index contributed by atoms with van der Waals surface area (Å²) in [4.78, 5) is 47.8. The Balaban J connectivity index is 1.82. The van der Waals surface area contributed by atoms with E-state index in [4.69, 9.17) is 15.2 Å². The van der Waals surface area contributed by atoms with Gasteiger partial charge in [0.1, 0.15) is 6.04 Å². The van der Waals surface area contributed by atoms with Gasteiger partial charge in [-0.1, -0.05) is 30.3 Å². The third-order valence-electron chi connectivity index (χ3n) is 5.06. The van der Waals surface area contributed by atoms with Crippen LogP contribution in [0.2, 0.25) is 0 Å². The maximum absolute atomic E-state index is 12.9. The van der Waals surface area contributed by atoms with Crippen LogP contribution < -0.4 is 21.7 Å². The fourth-order valence-electron chi connectivity index (χ4n) is 3.20. The molecular weight excluding hydrogens is 482 g/mol. The molecule has 0 saturated heterocycles. The fraction of sp³-hybridized carbons (Fsp3) is 0.400. The molecule has 0 fully saturated rings. The van der Waals surface area contributed by atoms with Crippen molar-refractivity contribution in [3.8, 4) is 0 Å². The molecule has 2 aromatic carbocycles. The molecule has 0 saturated carbocycles. The Kier molecular flexibility index (Phi) is 13.3. The number of carbonyl (C=O) groups excluding carboxylic acids is 3. The summed E-state index contributed by atoms with van der Waals surface area (Å²) in [5, 5.41) is 18.9. The van der Waals surface area contributed by atoms with Crippen molar-refractivity contribution in [3.63, 3.8) is 0 Å². The Morgan fingerprint density at radius 1 is 0.892 bits per heavy atom. The number of nitrogens with two attached hydrogens (primary N) is 1. The van der Waals surface area contributed by atoms with Gasteiger partial charge in [-0.05, 0) is 17.7 Å². The Hall–Kier alpha value is -3.87. The molecule has 0 unspecified atom stereocenters. The number of hydrogen-bond donors (Lipinski definition) is 4. The van der Waals surface area contributed by atoms with E-state index in [9.17, 15) is 24.5 Å². The van der Waals surface area contributed by atoms with E-state index in [1.54, 1.807) is 0 Å². The molecule has 200 valence electrons. The first kappa shape index (κ1) is 29.4. The number of amides is 3. The molecule has 0 heterocycles. The Morgan fingerprint density at radius 3 is 2.19 bits per heavy atom. The molecule has 0 radical (unpaired) electrons. The van der Waals surface area contributed by atoms with Crippen LogP contribution in [-0.4, -0.2) is 68.2 Å². The molecule has 1 atom stereocenters. The summed E-state index contributed by atoms with van der Waals surface area (Å²) in [6.45, 7) is 2.34. The van der Waals surface area contributed by atoms with Gasteiger partial charge in [-0.2, -0.15) is 0 Å². The van der Waals surface area contributed by atoms with Gasteiger partial charge in [-0.25, -0.2) is 0 Å². The minimum Gasteiger partial charge on any atom is -0.378 e. The van der Waals surface area contributed by atoms with E-state index < -0.39 is 22.8 Å². The number of nitro groups is 1. The molecule has 2 rings (SSSR count). The monoisotopic (exact) mass is 515 g/mol. The number of carbonyl (C=O) groups is 3. The number of anilines is 1. The summed E-state index contributed by atoms with van der Waals surface area (Å²) < 4.78 is 10.5. The third kappa shape index (κ3) is 12.1. The lowest BCUT2D eigenvalue weighted by molar-refractivity contribution is -0.384. The van der Waals surface area contributed by atoms with E-state index >= 15 is 0 Å². The highest BCUT2D eigenvalue weighted by atomic mass is 16.6. The molecule has 0 bridgehead atoms. The van der Waals surface area contributed by atoms with Crippen molar-refractivity contribution in [2.45, 2.75) is 25.3 Å². The van der Waals surface area contributed by atoms with Crippen LogP contribution >= 0.6 is 0 Å². The lowest BCUT2D eigenvalue weighted by Crippen LogP contribution is -2.45. The highest BCUT2D eigenvalue weighted by Gasteiger charge is 2.22. The second-order valence-electron chi connectivity index (χ2n) is 7.97. The summed E-state index contributed by atoms with van der Waals surface area (Å²) in [5.74, 6) is -1.25. The van der Waals surface area contributed by atoms with Gasteiger partial charge >= 0.3 is 0 Å². The van der Waals surface area contributed by atoms with Gasteiger partial charge in [0.25, 0.3) is 5.69 Å². The Morgan fingerprint density at radius 2 is 1.54 bits per heavy atom. The zero-order chi connectivity index (χ0) is 26.9. The van der Waals surface area contributed by atoms with Crippen molar-refractivity contribution in [1.29, 1.82) is 0 Å². The van der Waals surface area contributed by atoms with Gasteiger partial charge in [0.15, 0.2) is 0 Å². The maximum Gasteiger partial charge on any atom is 0.269 e. The van der Waals surface area contributed by atoms with Crippen LogP contribution in [0.1, 0.15) is 18.4 Å². The van der Waals surface area contributed by atoms with Crippen LogP contribution in [0.5, 0.6) is 0 Å². The van der Waals surface area contributed by atoms with Crippen molar-refractivity contribution in [1.82, 2.24) is 10.6 Å². The van der Waals surface area contributed by atoms with Crippen LogP contribution in [0.4, 0.5) is 11.4 Å². The summed E-state index contributed by atoms with van der Waals surface area (Å²) in [5.41, 5.74) is 6.40.